The maximum absolute atomic E-state index is 12.9. The molecule has 0 spiro atoms. The predicted octanol–water partition coefficient (Wildman–Crippen LogP) is 4.11. The zero-order valence-electron chi connectivity index (χ0n) is 18.2. The zero-order chi connectivity index (χ0) is 24.1. The van der Waals surface area contributed by atoms with Crippen molar-refractivity contribution in [3.05, 3.63) is 34.0 Å². The van der Waals surface area contributed by atoms with E-state index in [0.717, 1.165) is 16.2 Å². The molecule has 2 aromatic heterocycles. The minimum atomic E-state index is -4.61. The van der Waals surface area contributed by atoms with Crippen molar-refractivity contribution in [1.82, 2.24) is 15.0 Å². The number of hydrogen-bond donors (Lipinski definition) is 3. The Balaban J connectivity index is 0.000000367. The molecule has 12 heteroatoms. The topological polar surface area (TPSA) is 128 Å². The summed E-state index contributed by atoms with van der Waals surface area (Å²) < 4.78 is 39.5. The second kappa shape index (κ2) is 10.7. The second-order valence-corrected chi connectivity index (χ2v) is 9.87. The number of primary amides is 1. The lowest BCUT2D eigenvalue weighted by Gasteiger charge is -2.19. The number of aromatic nitrogens is 3. The number of thiazole rings is 1. The number of amides is 1. The molecule has 2 rings (SSSR count). The van der Waals surface area contributed by atoms with Gasteiger partial charge in [-0.15, -0.1) is 11.3 Å². The highest BCUT2D eigenvalue weighted by Gasteiger charge is 2.37. The van der Waals surface area contributed by atoms with Crippen molar-refractivity contribution in [1.29, 1.82) is 0 Å². The molecule has 0 bridgehead atoms. The summed E-state index contributed by atoms with van der Waals surface area (Å²) in [5.74, 6) is -2.30. The van der Waals surface area contributed by atoms with Gasteiger partial charge in [0.25, 0.3) is 0 Å². The van der Waals surface area contributed by atoms with E-state index in [2.05, 4.69) is 15.0 Å². The second-order valence-electron chi connectivity index (χ2n) is 7.91. The molecular weight excluding hydrogens is 451 g/mol. The van der Waals surface area contributed by atoms with Crippen molar-refractivity contribution in [2.75, 3.05) is 0 Å². The number of carbonyl (C=O) groups excluding carboxylic acids is 1. The number of halogens is 3. The summed E-state index contributed by atoms with van der Waals surface area (Å²) in [4.78, 5) is 22.4. The van der Waals surface area contributed by atoms with Crippen molar-refractivity contribution in [2.45, 2.75) is 75.8 Å². The van der Waals surface area contributed by atoms with Gasteiger partial charge >= 0.3 is 6.18 Å². The molecule has 0 fully saturated rings. The maximum atomic E-state index is 12.9. The fraction of sp³-hybridized carbons (Fsp3) is 0.579. The Labute approximate surface area is 188 Å². The van der Waals surface area contributed by atoms with Gasteiger partial charge in [0, 0.05) is 5.56 Å². The van der Waals surface area contributed by atoms with Gasteiger partial charge in [-0.25, -0.2) is 15.0 Å². The number of alkyl halides is 3. The van der Waals surface area contributed by atoms with Crippen LogP contribution in [0.4, 0.5) is 13.2 Å². The van der Waals surface area contributed by atoms with Crippen LogP contribution in [0.1, 0.15) is 81.2 Å². The summed E-state index contributed by atoms with van der Waals surface area (Å²) in [5, 5.41) is 15.5. The number of rotatable bonds is 6. The molecule has 0 saturated carbocycles. The molecule has 1 amide bonds. The fourth-order valence-electron chi connectivity index (χ4n) is 2.55. The molecular formula is C19H28F3N5O2S2. The summed E-state index contributed by atoms with van der Waals surface area (Å²) in [7, 11) is 0. The molecule has 0 aliphatic carbocycles. The van der Waals surface area contributed by atoms with Crippen molar-refractivity contribution < 1.29 is 23.1 Å². The Bertz CT molecular complexity index is 864. The highest BCUT2D eigenvalue weighted by atomic mass is 32.2. The predicted molar refractivity (Wildman–Crippen MR) is 116 cm³/mol. The van der Waals surface area contributed by atoms with E-state index in [1.807, 2.05) is 0 Å². The van der Waals surface area contributed by atoms with E-state index in [1.54, 1.807) is 47.7 Å². The monoisotopic (exact) mass is 479 g/mol. The number of nitrogens with zero attached hydrogens (tertiary/aromatic N) is 3. The molecule has 7 nitrogen and oxygen atoms in total. The van der Waals surface area contributed by atoms with Crippen LogP contribution in [-0.4, -0.2) is 26.0 Å². The van der Waals surface area contributed by atoms with E-state index < -0.39 is 23.5 Å². The Hall–Kier alpha value is -1.76. The molecule has 0 saturated heterocycles. The van der Waals surface area contributed by atoms with Crippen LogP contribution in [-0.2, 0) is 23.0 Å². The summed E-state index contributed by atoms with van der Waals surface area (Å²) in [6.07, 6.45) is -3.10. The van der Waals surface area contributed by atoms with Crippen LogP contribution < -0.4 is 10.9 Å². The normalized spacial score (nSPS) is 12.2. The first kappa shape index (κ1) is 27.3. The number of hydrogen-bond acceptors (Lipinski definition) is 8. The van der Waals surface area contributed by atoms with E-state index in [1.165, 1.54) is 11.3 Å². The third-order valence-corrected chi connectivity index (χ3v) is 5.87. The van der Waals surface area contributed by atoms with E-state index in [4.69, 9.17) is 10.9 Å². The van der Waals surface area contributed by atoms with Gasteiger partial charge in [0.15, 0.2) is 0 Å². The Morgan fingerprint density at radius 2 is 1.65 bits per heavy atom. The highest BCUT2D eigenvalue weighted by Crippen LogP contribution is 2.32. The van der Waals surface area contributed by atoms with Crippen LogP contribution in [0, 0.1) is 0 Å². The van der Waals surface area contributed by atoms with Crippen molar-refractivity contribution in [2.24, 2.45) is 10.9 Å². The largest absolute Gasteiger partial charge is 0.451 e. The lowest BCUT2D eigenvalue weighted by atomic mass is 9.94. The SMILES string of the molecule is CC(C)(O)c1ncc(SN)s1.CC(C)c1nc(C(F)(F)F)nc(C(C)C)c1CC(N)=O. The molecule has 31 heavy (non-hydrogen) atoms. The molecule has 0 aromatic carbocycles. The van der Waals surface area contributed by atoms with Gasteiger partial charge in [0.1, 0.15) is 10.6 Å². The van der Waals surface area contributed by atoms with Gasteiger partial charge in [0.05, 0.1) is 28.2 Å². The van der Waals surface area contributed by atoms with Crippen molar-refractivity contribution in [3.63, 3.8) is 0 Å². The van der Waals surface area contributed by atoms with E-state index >= 15 is 0 Å². The minimum absolute atomic E-state index is 0.154. The van der Waals surface area contributed by atoms with Gasteiger partial charge in [0.2, 0.25) is 11.7 Å². The average molecular weight is 480 g/mol. The molecule has 0 atom stereocenters. The lowest BCUT2D eigenvalue weighted by Crippen LogP contribution is -2.22. The summed E-state index contributed by atoms with van der Waals surface area (Å²) in [6.45, 7) is 10.3. The van der Waals surface area contributed by atoms with Crippen molar-refractivity contribution in [3.8, 4) is 0 Å². The third-order valence-electron chi connectivity index (χ3n) is 3.89. The Morgan fingerprint density at radius 1 is 1.16 bits per heavy atom. The minimum Gasteiger partial charge on any atom is -0.383 e. The number of carbonyl (C=O) groups is 1. The Morgan fingerprint density at radius 3 is 1.90 bits per heavy atom. The molecule has 0 unspecified atom stereocenters. The Kier molecular flexibility index (Phi) is 9.42. The average Bonchev–Trinajstić information content (AvgIpc) is 3.10. The molecule has 2 heterocycles. The highest BCUT2D eigenvalue weighted by molar-refractivity contribution is 7.99. The fourth-order valence-corrected chi connectivity index (χ4v) is 3.75. The maximum Gasteiger partial charge on any atom is 0.451 e. The molecule has 0 radical (unpaired) electrons. The van der Waals surface area contributed by atoms with Crippen LogP contribution in [0.5, 0.6) is 0 Å². The first-order valence-electron chi connectivity index (χ1n) is 9.39. The van der Waals surface area contributed by atoms with Gasteiger partial charge in [-0.1, -0.05) is 27.7 Å². The van der Waals surface area contributed by atoms with Crippen LogP contribution >= 0.6 is 23.3 Å². The lowest BCUT2D eigenvalue weighted by molar-refractivity contribution is -0.145. The van der Waals surface area contributed by atoms with E-state index in [9.17, 15) is 23.1 Å². The summed E-state index contributed by atoms with van der Waals surface area (Å²) >= 11 is 2.57. The number of aliphatic hydroxyl groups is 1. The number of nitrogens with two attached hydrogens (primary N) is 2. The van der Waals surface area contributed by atoms with Gasteiger partial charge in [-0.3, -0.25) is 9.93 Å². The molecule has 0 aliphatic rings. The smallest absolute Gasteiger partial charge is 0.383 e. The van der Waals surface area contributed by atoms with Crippen molar-refractivity contribution >= 4 is 29.2 Å². The van der Waals surface area contributed by atoms with E-state index in [-0.39, 0.29) is 29.6 Å². The zero-order valence-corrected chi connectivity index (χ0v) is 19.9. The molecule has 0 aliphatic heterocycles. The summed E-state index contributed by atoms with van der Waals surface area (Å²) in [5.41, 5.74) is 5.20. The summed E-state index contributed by atoms with van der Waals surface area (Å²) in [6, 6.07) is 0. The van der Waals surface area contributed by atoms with Crippen LogP contribution in [0.15, 0.2) is 10.4 Å². The van der Waals surface area contributed by atoms with Gasteiger partial charge in [-0.05, 0) is 37.6 Å². The van der Waals surface area contributed by atoms with Gasteiger partial charge < -0.3 is 10.8 Å². The first-order chi connectivity index (χ1) is 14.1. The first-order valence-corrected chi connectivity index (χ1v) is 11.1. The third kappa shape index (κ3) is 8.02. The van der Waals surface area contributed by atoms with E-state index in [0.29, 0.717) is 10.6 Å². The molecule has 2 aromatic rings. The van der Waals surface area contributed by atoms with Crippen LogP contribution in [0.3, 0.4) is 0 Å². The van der Waals surface area contributed by atoms with Crippen LogP contribution in [0.2, 0.25) is 0 Å². The van der Waals surface area contributed by atoms with Gasteiger partial charge in [-0.2, -0.15) is 13.2 Å². The quantitative estimate of drug-likeness (QED) is 0.532. The molecule has 174 valence electrons. The standard InChI is InChI=1S/C13H18F3N3O.C6H10N2OS2/c1-6(2)10-8(5-9(17)20)11(7(3)4)19-12(18-10)13(14,15)16;1-6(2,9)5-8-3-4(10-5)11-7/h6-7H,5H2,1-4H3,(H2,17,20);3,9H,7H2,1-2H3. The van der Waals surface area contributed by atoms with Crippen LogP contribution in [0.25, 0.3) is 0 Å². The molecule has 5 N–H and O–H groups in total.